The summed E-state index contributed by atoms with van der Waals surface area (Å²) in [6.07, 6.45) is 6.17. The zero-order valence-electron chi connectivity index (χ0n) is 45.1. The maximum atomic E-state index is 14.4. The Hall–Kier alpha value is -7.34. The van der Waals surface area contributed by atoms with Gasteiger partial charge < -0.3 is 62.9 Å². The first kappa shape index (κ1) is 54.4. The van der Waals surface area contributed by atoms with Gasteiger partial charge in [-0.05, 0) is 104 Å². The van der Waals surface area contributed by atoms with Crippen molar-refractivity contribution in [2.45, 2.75) is 77.2 Å². The van der Waals surface area contributed by atoms with Crippen LogP contribution in [0.15, 0.2) is 96.2 Å². The van der Waals surface area contributed by atoms with Crippen molar-refractivity contribution in [3.8, 4) is 23.0 Å². The van der Waals surface area contributed by atoms with Crippen molar-refractivity contribution in [2.75, 3.05) is 119 Å². The van der Waals surface area contributed by atoms with E-state index >= 15 is 0 Å². The molecule has 5 aromatic carbocycles. The fraction of sp³-hybridized carbons (Fsp3) is 0.433. The first-order valence-electron chi connectivity index (χ1n) is 26.8. The number of ether oxygens (including phenoxy) is 7. The minimum Gasteiger partial charge on any atom is -0.493 e. The minimum absolute atomic E-state index is 0.0109. The van der Waals surface area contributed by atoms with Gasteiger partial charge in [-0.15, -0.1) is 0 Å². The number of fused-ring (bicyclic) bond motifs is 8. The lowest BCUT2D eigenvalue weighted by molar-refractivity contribution is -0.119. The van der Waals surface area contributed by atoms with Crippen molar-refractivity contribution < 1.29 is 52.4 Å². The summed E-state index contributed by atoms with van der Waals surface area (Å²) in [6, 6.07) is 29.7. The van der Waals surface area contributed by atoms with E-state index < -0.39 is 0 Å². The second-order valence-electron chi connectivity index (χ2n) is 19.7. The molecule has 0 spiro atoms. The van der Waals surface area contributed by atoms with E-state index in [9.17, 15) is 14.4 Å². The van der Waals surface area contributed by atoms with E-state index in [4.69, 9.17) is 38.0 Å². The summed E-state index contributed by atoms with van der Waals surface area (Å²) >= 11 is 0. The van der Waals surface area contributed by atoms with E-state index in [0.29, 0.717) is 125 Å². The highest BCUT2D eigenvalue weighted by Crippen LogP contribution is 2.44. The van der Waals surface area contributed by atoms with Gasteiger partial charge in [0.1, 0.15) is 25.6 Å². The van der Waals surface area contributed by atoms with Crippen LogP contribution in [0.5, 0.6) is 23.0 Å². The number of Topliss-reactive ketones (excluding diaryl/α,β-unsaturated/α-hetero) is 1. The van der Waals surface area contributed by atoms with E-state index in [2.05, 4.69) is 50.6 Å². The van der Waals surface area contributed by atoms with Crippen molar-refractivity contribution >= 4 is 52.2 Å². The quantitative estimate of drug-likeness (QED) is 0.0287. The predicted molar refractivity (Wildman–Crippen MR) is 298 cm³/mol. The molecule has 17 nitrogen and oxygen atoms in total. The van der Waals surface area contributed by atoms with Crippen molar-refractivity contribution in [1.29, 1.82) is 0 Å². The number of methoxy groups -OCH3 is 3. The molecule has 408 valence electrons. The van der Waals surface area contributed by atoms with Crippen molar-refractivity contribution in [3.63, 3.8) is 0 Å². The van der Waals surface area contributed by atoms with Crippen molar-refractivity contribution in [2.24, 2.45) is 5.16 Å². The number of likely N-dealkylation sites (N-methyl/N-ethyl adjacent to an activating group) is 1. The molecular weight excluding hydrogens is 981 g/mol. The molecule has 77 heavy (non-hydrogen) atoms. The number of hydrogen-bond donors (Lipinski definition) is 1. The first-order chi connectivity index (χ1) is 37.7. The Kier molecular flexibility index (Phi) is 18.5. The summed E-state index contributed by atoms with van der Waals surface area (Å²) in [4.78, 5) is 55.2. The summed E-state index contributed by atoms with van der Waals surface area (Å²) in [5.74, 6) is 1.90. The molecule has 0 radical (unpaired) electrons. The number of hydrogen-bond acceptors (Lipinski definition) is 15. The van der Waals surface area contributed by atoms with E-state index in [-0.39, 0.29) is 42.9 Å². The minimum atomic E-state index is -0.0887. The number of oxime groups is 1. The van der Waals surface area contributed by atoms with E-state index in [1.54, 1.807) is 46.6 Å². The number of amides is 2. The molecule has 1 N–H and O–H groups in total. The zero-order chi connectivity index (χ0) is 53.7. The molecule has 0 saturated heterocycles. The Balaban J connectivity index is 0.982. The Labute approximate surface area is 451 Å². The Morgan fingerprint density at radius 2 is 1.27 bits per heavy atom. The maximum Gasteiger partial charge on any atom is 0.260 e. The fourth-order valence-corrected chi connectivity index (χ4v) is 10.8. The normalized spacial score (nSPS) is 16.1. The van der Waals surface area contributed by atoms with Crippen LogP contribution in [0.3, 0.4) is 0 Å². The highest BCUT2D eigenvalue weighted by molar-refractivity contribution is 6.13. The van der Waals surface area contributed by atoms with E-state index in [1.165, 1.54) is 0 Å². The molecule has 5 aromatic rings. The topological polar surface area (TPSA) is 162 Å². The van der Waals surface area contributed by atoms with Gasteiger partial charge in [0.05, 0.1) is 81.8 Å². The van der Waals surface area contributed by atoms with E-state index in [0.717, 1.165) is 70.7 Å². The van der Waals surface area contributed by atoms with Gasteiger partial charge in [-0.25, -0.2) is 0 Å². The van der Waals surface area contributed by atoms with E-state index in [1.807, 2.05) is 65.4 Å². The first-order valence-corrected chi connectivity index (χ1v) is 26.8. The molecule has 4 aliphatic rings. The van der Waals surface area contributed by atoms with Gasteiger partial charge in [0.2, 0.25) is 0 Å². The van der Waals surface area contributed by atoms with Crippen LogP contribution in [-0.4, -0.2) is 130 Å². The average Bonchev–Trinajstić information content (AvgIpc) is 3.96. The number of carbonyl (C=O) groups is 3. The smallest absolute Gasteiger partial charge is 0.260 e. The second kappa shape index (κ2) is 26.1. The second-order valence-corrected chi connectivity index (χ2v) is 19.7. The molecule has 0 unspecified atom stereocenters. The highest BCUT2D eigenvalue weighted by atomic mass is 16.6. The van der Waals surface area contributed by atoms with Gasteiger partial charge in [0.15, 0.2) is 23.0 Å². The molecule has 4 aliphatic heterocycles. The zero-order valence-corrected chi connectivity index (χ0v) is 45.1. The van der Waals surface area contributed by atoms with Gasteiger partial charge >= 0.3 is 0 Å². The van der Waals surface area contributed by atoms with Crippen LogP contribution in [0.1, 0.15) is 82.0 Å². The van der Waals surface area contributed by atoms with Crippen LogP contribution in [0.25, 0.3) is 0 Å². The summed E-state index contributed by atoms with van der Waals surface area (Å²) in [5.41, 5.74) is 9.30. The van der Waals surface area contributed by atoms with Crippen molar-refractivity contribution in [3.05, 3.63) is 124 Å². The third-order valence-electron chi connectivity index (χ3n) is 14.6. The number of nitrogens with one attached hydrogen (secondary N) is 1. The summed E-state index contributed by atoms with van der Waals surface area (Å²) in [7, 11) is 6.82. The van der Waals surface area contributed by atoms with Crippen molar-refractivity contribution in [1.82, 2.24) is 0 Å². The lowest BCUT2D eigenvalue weighted by Crippen LogP contribution is -2.41. The lowest BCUT2D eigenvalue weighted by Gasteiger charge is -2.26. The number of benzene rings is 5. The number of nitrogens with zero attached hydrogens (tertiary/aromatic N) is 5. The number of para-hydroxylation sites is 2. The number of anilines is 5. The van der Waals surface area contributed by atoms with Crippen LogP contribution in [0, 0.1) is 0 Å². The standard InChI is InChI=1S/C60H72N6O11/c1-6-62-77-22-12-11-16-48(67)17-13-20-64(21-23-73-26-27-74-25-24-70-3)45-29-41(39-75-57-35-51-49(33-55(57)71-4)59(68)65-46(37-61-51)31-43-14-7-9-18-52(43)65)28-42(30-45)40-76-58-36-54-50(34-56(58)72-5)60(69)66-47(38-63(54)2)32-44-15-8-10-19-53(44)66/h6-10,14-15,18-19,28-30,33-36,46-47,61H,11-13,16-17,20-27,31-32,37-40H2,1-5H3/t46-,47-/m0/s1. The van der Waals surface area contributed by atoms with Crippen LogP contribution < -0.4 is 43.9 Å². The van der Waals surface area contributed by atoms with Crippen LogP contribution >= 0.6 is 0 Å². The molecule has 0 aliphatic carbocycles. The Morgan fingerprint density at radius 1 is 0.662 bits per heavy atom. The third kappa shape index (κ3) is 12.9. The SMILES string of the molecule is CC=NOCCCCC(=O)CCCN(CCOCCOCCOC)c1cc(COc2cc3c(cc2OC)C(=O)N2c4ccccc4C[C@H]2CN3)cc(COc2cc3c(cc2OC)C(=O)N2c4ccccc4C[C@H]2CN3C)c1. The molecule has 2 amide bonds. The largest absolute Gasteiger partial charge is 0.493 e. The molecule has 17 heteroatoms. The number of ketones is 1. The summed E-state index contributed by atoms with van der Waals surface area (Å²) in [5, 5.41) is 7.34. The Bertz CT molecular complexity index is 2900. The molecule has 4 heterocycles. The average molecular weight is 1050 g/mol. The van der Waals surface area contributed by atoms with Gasteiger partial charge in [-0.2, -0.15) is 0 Å². The molecule has 2 atom stereocenters. The predicted octanol–water partition coefficient (Wildman–Crippen LogP) is 8.91. The lowest BCUT2D eigenvalue weighted by atomic mass is 10.1. The molecule has 0 bridgehead atoms. The summed E-state index contributed by atoms with van der Waals surface area (Å²) in [6.45, 7) is 7.19. The van der Waals surface area contributed by atoms with Gasteiger partial charge in [0, 0.05) is 88.6 Å². The van der Waals surface area contributed by atoms with Crippen LogP contribution in [0.4, 0.5) is 28.4 Å². The van der Waals surface area contributed by atoms with Gasteiger partial charge in [-0.3, -0.25) is 14.4 Å². The number of rotatable bonds is 28. The molecular formula is C60H72N6O11. The monoisotopic (exact) mass is 1050 g/mol. The van der Waals surface area contributed by atoms with Crippen LogP contribution in [0.2, 0.25) is 0 Å². The molecule has 0 aromatic heterocycles. The van der Waals surface area contributed by atoms with Gasteiger partial charge in [-0.1, -0.05) is 41.6 Å². The van der Waals surface area contributed by atoms with Crippen LogP contribution in [-0.2, 0) is 49.9 Å². The molecule has 9 rings (SSSR count). The highest BCUT2D eigenvalue weighted by Gasteiger charge is 2.40. The number of carbonyl (C=O) groups excluding carboxylic acids is 3. The fourth-order valence-electron chi connectivity index (χ4n) is 10.8. The third-order valence-corrected chi connectivity index (χ3v) is 14.6. The van der Waals surface area contributed by atoms with Gasteiger partial charge in [0.25, 0.3) is 11.8 Å². The molecule has 0 fully saturated rings. The Morgan fingerprint density at radius 3 is 1.96 bits per heavy atom. The summed E-state index contributed by atoms with van der Waals surface area (Å²) < 4.78 is 42.1. The maximum absolute atomic E-state index is 14.4. The molecule has 0 saturated carbocycles. The number of unbranched alkanes of at least 4 members (excludes halogenated alkanes) is 1.